The summed E-state index contributed by atoms with van der Waals surface area (Å²) in [4.78, 5) is 0. The third kappa shape index (κ3) is 3.73. The molecule has 0 saturated heterocycles. The third-order valence-corrected chi connectivity index (χ3v) is 4.66. The highest BCUT2D eigenvalue weighted by molar-refractivity contribution is 9.10. The Balaban J connectivity index is 1.93. The second-order valence-corrected chi connectivity index (χ2v) is 6.74. The summed E-state index contributed by atoms with van der Waals surface area (Å²) in [5.41, 5.74) is 2.10. The first-order valence-corrected chi connectivity index (χ1v) is 8.55. The van der Waals surface area contributed by atoms with E-state index in [1.807, 2.05) is 36.4 Å². The smallest absolute Gasteiger partial charge is 0.134 e. The first-order chi connectivity index (χ1) is 11.6. The number of nitriles is 1. The number of halogens is 3. The fourth-order valence-corrected chi connectivity index (χ4v) is 2.75. The van der Waals surface area contributed by atoms with E-state index in [2.05, 4.69) is 22.0 Å². The third-order valence-electron chi connectivity index (χ3n) is 3.39. The molecule has 0 amide bonds. The molecule has 0 atom stereocenters. The maximum Gasteiger partial charge on any atom is 0.134 e. The largest absolute Gasteiger partial charge is 0.457 e. The molecule has 2 aromatic carbocycles. The summed E-state index contributed by atoms with van der Waals surface area (Å²) in [6, 6.07) is 18.8. The minimum atomic E-state index is 0.408. The molecule has 2 nitrogen and oxygen atoms in total. The first-order valence-electron chi connectivity index (χ1n) is 7.00. The average molecular weight is 419 g/mol. The van der Waals surface area contributed by atoms with Gasteiger partial charge in [0.2, 0.25) is 0 Å². The molecule has 0 aliphatic carbocycles. The van der Waals surface area contributed by atoms with Gasteiger partial charge >= 0.3 is 0 Å². The number of nitrogens with zero attached hydrogens (tertiary/aromatic N) is 1. The molecule has 0 radical (unpaired) electrons. The molecule has 0 aliphatic rings. The molecule has 1 aromatic heterocycles. The number of rotatable bonds is 3. The lowest BCUT2D eigenvalue weighted by Crippen LogP contribution is -1.82. The molecule has 1 heterocycles. The molecule has 0 fully saturated rings. The van der Waals surface area contributed by atoms with E-state index in [-0.39, 0.29) is 0 Å². The quantitative estimate of drug-likeness (QED) is 0.426. The van der Waals surface area contributed by atoms with Gasteiger partial charge < -0.3 is 4.42 Å². The molecule has 0 saturated carbocycles. The van der Waals surface area contributed by atoms with Gasteiger partial charge in [0.25, 0.3) is 0 Å². The van der Waals surface area contributed by atoms with Crippen LogP contribution in [0.15, 0.2) is 63.5 Å². The Kier molecular flexibility index (Phi) is 5.11. The fourth-order valence-electron chi connectivity index (χ4n) is 2.19. The number of hydrogen-bond donors (Lipinski definition) is 0. The van der Waals surface area contributed by atoms with Crippen molar-refractivity contribution in [3.05, 3.63) is 80.4 Å². The van der Waals surface area contributed by atoms with E-state index in [4.69, 9.17) is 27.6 Å². The lowest BCUT2D eigenvalue weighted by molar-refractivity contribution is 0.572. The Bertz CT molecular complexity index is 952. The average Bonchev–Trinajstić information content (AvgIpc) is 3.04. The predicted molar refractivity (Wildman–Crippen MR) is 102 cm³/mol. The van der Waals surface area contributed by atoms with Gasteiger partial charge in [-0.3, -0.25) is 0 Å². The zero-order valence-electron chi connectivity index (χ0n) is 12.3. The topological polar surface area (TPSA) is 36.9 Å². The molecular weight excluding hydrogens is 409 g/mol. The van der Waals surface area contributed by atoms with E-state index in [0.29, 0.717) is 26.9 Å². The first kappa shape index (κ1) is 16.9. The van der Waals surface area contributed by atoms with E-state index in [9.17, 15) is 5.26 Å². The van der Waals surface area contributed by atoms with Crippen LogP contribution in [0.1, 0.15) is 11.3 Å². The Labute approximate surface area is 158 Å². The highest BCUT2D eigenvalue weighted by atomic mass is 79.9. The Hall–Kier alpha value is -1.99. The molecule has 0 unspecified atom stereocenters. The van der Waals surface area contributed by atoms with Crippen LogP contribution < -0.4 is 0 Å². The SMILES string of the molecule is N#C/C(=C\c1ccc(-c2ccc(Br)cc2)o1)c1ccc(Cl)c(Cl)c1. The van der Waals surface area contributed by atoms with Crippen LogP contribution in [0.5, 0.6) is 0 Å². The van der Waals surface area contributed by atoms with Crippen molar-refractivity contribution in [2.75, 3.05) is 0 Å². The summed E-state index contributed by atoms with van der Waals surface area (Å²) < 4.78 is 6.82. The summed E-state index contributed by atoms with van der Waals surface area (Å²) in [5.74, 6) is 1.33. The van der Waals surface area contributed by atoms with Gasteiger partial charge in [0.15, 0.2) is 0 Å². The van der Waals surface area contributed by atoms with Crippen molar-refractivity contribution in [2.45, 2.75) is 0 Å². The van der Waals surface area contributed by atoms with Gasteiger partial charge in [-0.25, -0.2) is 0 Å². The standard InChI is InChI=1S/C19H10BrCl2NO/c20-15-4-1-12(2-5-15)19-8-6-16(24-19)9-14(11-23)13-3-7-17(21)18(22)10-13/h1-10H/b14-9+. The molecule has 0 bridgehead atoms. The van der Waals surface area contributed by atoms with Crippen molar-refractivity contribution in [1.82, 2.24) is 0 Å². The van der Waals surface area contributed by atoms with Crippen LogP contribution in [0.4, 0.5) is 0 Å². The Morgan fingerprint density at radius 1 is 1.00 bits per heavy atom. The van der Waals surface area contributed by atoms with Crippen LogP contribution >= 0.6 is 39.1 Å². The lowest BCUT2D eigenvalue weighted by Gasteiger charge is -2.01. The molecule has 0 N–H and O–H groups in total. The minimum Gasteiger partial charge on any atom is -0.457 e. The number of furan rings is 1. The van der Waals surface area contributed by atoms with Crippen molar-refractivity contribution in [3.8, 4) is 17.4 Å². The van der Waals surface area contributed by atoms with Gasteiger partial charge in [-0.1, -0.05) is 57.3 Å². The highest BCUT2D eigenvalue weighted by Gasteiger charge is 2.08. The lowest BCUT2D eigenvalue weighted by atomic mass is 10.1. The second-order valence-electron chi connectivity index (χ2n) is 5.01. The number of allylic oxidation sites excluding steroid dienone is 1. The van der Waals surface area contributed by atoms with Crippen LogP contribution in [0.25, 0.3) is 23.0 Å². The molecule has 3 rings (SSSR count). The van der Waals surface area contributed by atoms with Crippen molar-refractivity contribution in [1.29, 1.82) is 5.26 Å². The molecule has 0 aliphatic heterocycles. The van der Waals surface area contributed by atoms with Crippen LogP contribution in [0.3, 0.4) is 0 Å². The van der Waals surface area contributed by atoms with E-state index < -0.39 is 0 Å². The molecule has 24 heavy (non-hydrogen) atoms. The number of benzene rings is 2. The fraction of sp³-hybridized carbons (Fsp3) is 0. The summed E-state index contributed by atoms with van der Waals surface area (Å²) in [6.45, 7) is 0. The maximum atomic E-state index is 9.41. The van der Waals surface area contributed by atoms with E-state index in [1.54, 1.807) is 24.3 Å². The summed E-state index contributed by atoms with van der Waals surface area (Å²) in [7, 11) is 0. The number of hydrogen-bond acceptors (Lipinski definition) is 2. The van der Waals surface area contributed by atoms with Crippen molar-refractivity contribution >= 4 is 50.8 Å². The van der Waals surface area contributed by atoms with Gasteiger partial charge in [-0.15, -0.1) is 0 Å². The van der Waals surface area contributed by atoms with E-state index in [0.717, 1.165) is 15.8 Å². The predicted octanol–water partition coefficient (Wildman–Crippen LogP) is 7.08. The second kappa shape index (κ2) is 7.27. The zero-order valence-corrected chi connectivity index (χ0v) is 15.4. The molecule has 0 spiro atoms. The molecule has 118 valence electrons. The minimum absolute atomic E-state index is 0.408. The van der Waals surface area contributed by atoms with Crippen LogP contribution in [0, 0.1) is 11.3 Å². The monoisotopic (exact) mass is 417 g/mol. The van der Waals surface area contributed by atoms with E-state index in [1.165, 1.54) is 0 Å². The normalized spacial score (nSPS) is 11.3. The maximum absolute atomic E-state index is 9.41. The Morgan fingerprint density at radius 3 is 2.42 bits per heavy atom. The Morgan fingerprint density at radius 2 is 1.75 bits per heavy atom. The highest BCUT2D eigenvalue weighted by Crippen LogP contribution is 2.29. The van der Waals surface area contributed by atoms with Crippen LogP contribution in [-0.2, 0) is 0 Å². The van der Waals surface area contributed by atoms with Gasteiger partial charge in [0.1, 0.15) is 11.5 Å². The summed E-state index contributed by atoms with van der Waals surface area (Å²) >= 11 is 15.3. The van der Waals surface area contributed by atoms with Gasteiger partial charge in [0.05, 0.1) is 21.7 Å². The van der Waals surface area contributed by atoms with Gasteiger partial charge in [-0.2, -0.15) is 5.26 Å². The van der Waals surface area contributed by atoms with Crippen LogP contribution in [-0.4, -0.2) is 0 Å². The molecular formula is C19H10BrCl2NO. The van der Waals surface area contributed by atoms with Gasteiger partial charge in [0, 0.05) is 10.0 Å². The van der Waals surface area contributed by atoms with Crippen molar-refractivity contribution < 1.29 is 4.42 Å². The molecule has 3 aromatic rings. The van der Waals surface area contributed by atoms with Crippen molar-refractivity contribution in [3.63, 3.8) is 0 Å². The molecule has 5 heteroatoms. The van der Waals surface area contributed by atoms with Gasteiger partial charge in [-0.05, 0) is 48.0 Å². The summed E-state index contributed by atoms with van der Waals surface area (Å²) in [5, 5.41) is 10.3. The van der Waals surface area contributed by atoms with E-state index >= 15 is 0 Å². The van der Waals surface area contributed by atoms with Crippen molar-refractivity contribution in [2.24, 2.45) is 0 Å². The zero-order chi connectivity index (χ0) is 17.1. The summed E-state index contributed by atoms with van der Waals surface area (Å²) in [6.07, 6.45) is 1.68. The van der Waals surface area contributed by atoms with Crippen LogP contribution in [0.2, 0.25) is 10.0 Å².